The average molecular weight is 553 g/mol. The first-order valence-corrected chi connectivity index (χ1v) is 12.1. The normalized spacial score (nSPS) is 21.3. The maximum atomic E-state index is 13.8. The van der Waals surface area contributed by atoms with Gasteiger partial charge in [-0.05, 0) is 43.2 Å². The first-order valence-electron chi connectivity index (χ1n) is 10.5. The summed E-state index contributed by atoms with van der Waals surface area (Å²) in [5, 5.41) is 3.71. The predicted octanol–water partition coefficient (Wildman–Crippen LogP) is 5.36. The van der Waals surface area contributed by atoms with Crippen LogP contribution in [0.4, 0.5) is 11.4 Å². The Bertz CT molecular complexity index is 1420. The van der Waals surface area contributed by atoms with Crippen molar-refractivity contribution >= 4 is 75.4 Å². The number of methoxy groups -OCH3 is 1. The molecule has 1 atom stereocenters. The lowest BCUT2D eigenvalue weighted by Gasteiger charge is -2.44. The van der Waals surface area contributed by atoms with E-state index in [0.29, 0.717) is 40.5 Å². The standard InChI is InChI=1S/C24H17Cl4N3O4/c1-35-22(33)20-21(29)31(17-9-13(27)12(26)8-14(17)28)16-3-2-4-18(32)19(16)24(20)11-7-10(25)5-6-15(11)30-23(24)34/h5-9H,2-4,29H2,1H3,(H,30,34). The van der Waals surface area contributed by atoms with Crippen molar-refractivity contribution in [2.45, 2.75) is 24.7 Å². The van der Waals surface area contributed by atoms with Crippen LogP contribution in [0.15, 0.2) is 53.0 Å². The lowest BCUT2D eigenvalue weighted by Crippen LogP contribution is -2.53. The number of rotatable bonds is 2. The van der Waals surface area contributed by atoms with Gasteiger partial charge in [-0.15, -0.1) is 0 Å². The first kappa shape index (κ1) is 24.0. The fraction of sp³-hybridized carbons (Fsp3) is 0.208. The van der Waals surface area contributed by atoms with E-state index in [0.717, 1.165) is 0 Å². The Kier molecular flexibility index (Phi) is 5.79. The number of nitrogens with one attached hydrogen (secondary N) is 1. The van der Waals surface area contributed by atoms with E-state index in [2.05, 4.69) is 5.32 Å². The zero-order valence-electron chi connectivity index (χ0n) is 18.2. The Hall–Kier alpha value is -2.71. The molecule has 3 N–H and O–H groups in total. The minimum atomic E-state index is -1.84. The third-order valence-electron chi connectivity index (χ3n) is 6.50. The Morgan fingerprint density at radius 3 is 2.49 bits per heavy atom. The van der Waals surface area contributed by atoms with Gasteiger partial charge in [0.05, 0.1) is 27.9 Å². The van der Waals surface area contributed by atoms with E-state index < -0.39 is 17.3 Å². The van der Waals surface area contributed by atoms with Crippen LogP contribution in [0, 0.1) is 0 Å². The molecule has 0 bridgehead atoms. The van der Waals surface area contributed by atoms with Crippen molar-refractivity contribution in [3.05, 3.63) is 78.7 Å². The van der Waals surface area contributed by atoms with Crippen molar-refractivity contribution in [3.63, 3.8) is 0 Å². The number of Topliss-reactive ketones (excluding diaryl/α,β-unsaturated/α-hetero) is 1. The van der Waals surface area contributed by atoms with Crippen molar-refractivity contribution in [3.8, 4) is 0 Å². The maximum absolute atomic E-state index is 13.8. The van der Waals surface area contributed by atoms with Crippen LogP contribution in [-0.4, -0.2) is 24.8 Å². The van der Waals surface area contributed by atoms with Gasteiger partial charge < -0.3 is 15.8 Å². The van der Waals surface area contributed by atoms with Crippen molar-refractivity contribution in [1.29, 1.82) is 0 Å². The molecule has 0 saturated carbocycles. The highest BCUT2D eigenvalue weighted by molar-refractivity contribution is 6.44. The summed E-state index contributed by atoms with van der Waals surface area (Å²) in [5.41, 5.74) is 6.24. The van der Waals surface area contributed by atoms with Crippen LogP contribution in [0.1, 0.15) is 24.8 Å². The van der Waals surface area contributed by atoms with Crippen LogP contribution in [-0.2, 0) is 24.5 Å². The number of benzene rings is 2. The number of allylic oxidation sites excluding steroid dienone is 1. The Morgan fingerprint density at radius 1 is 1.06 bits per heavy atom. The number of carbonyl (C=O) groups is 3. The van der Waals surface area contributed by atoms with Gasteiger partial charge in [-0.1, -0.05) is 46.4 Å². The van der Waals surface area contributed by atoms with E-state index in [4.69, 9.17) is 56.9 Å². The van der Waals surface area contributed by atoms with Crippen LogP contribution in [0.2, 0.25) is 20.1 Å². The Morgan fingerprint density at radius 2 is 1.77 bits per heavy atom. The van der Waals surface area contributed by atoms with Crippen molar-refractivity contribution in [2.75, 3.05) is 17.3 Å². The number of fused-ring (bicyclic) bond motifs is 3. The summed E-state index contributed by atoms with van der Waals surface area (Å²) in [6, 6.07) is 7.71. The molecule has 2 aromatic carbocycles. The van der Waals surface area contributed by atoms with Gasteiger partial charge in [-0.2, -0.15) is 0 Å². The molecule has 180 valence electrons. The fourth-order valence-electron chi connectivity index (χ4n) is 5.14. The largest absolute Gasteiger partial charge is 0.466 e. The topological polar surface area (TPSA) is 102 Å². The third kappa shape index (κ3) is 3.29. The van der Waals surface area contributed by atoms with Gasteiger partial charge in [0.1, 0.15) is 16.8 Å². The van der Waals surface area contributed by atoms with Gasteiger partial charge in [0.15, 0.2) is 5.78 Å². The molecule has 1 spiro atoms. The summed E-state index contributed by atoms with van der Waals surface area (Å²) in [6.45, 7) is 0. The van der Waals surface area contributed by atoms with Gasteiger partial charge in [0, 0.05) is 34.0 Å². The van der Waals surface area contributed by atoms with Crippen LogP contribution in [0.25, 0.3) is 0 Å². The number of nitrogens with zero attached hydrogens (tertiary/aromatic N) is 1. The number of halogens is 4. The monoisotopic (exact) mass is 551 g/mol. The molecule has 2 heterocycles. The molecule has 11 heteroatoms. The molecule has 0 aromatic heterocycles. The molecule has 7 nitrogen and oxygen atoms in total. The molecule has 0 fully saturated rings. The maximum Gasteiger partial charge on any atom is 0.339 e. The van der Waals surface area contributed by atoms with Gasteiger partial charge in [0.2, 0.25) is 5.91 Å². The van der Waals surface area contributed by atoms with Crippen molar-refractivity contribution < 1.29 is 19.1 Å². The molecular formula is C24H17Cl4N3O4. The second-order valence-electron chi connectivity index (χ2n) is 8.30. The molecule has 35 heavy (non-hydrogen) atoms. The smallest absolute Gasteiger partial charge is 0.339 e. The molecule has 2 aromatic rings. The zero-order chi connectivity index (χ0) is 25.2. The van der Waals surface area contributed by atoms with Crippen LogP contribution >= 0.6 is 46.4 Å². The molecule has 1 unspecified atom stereocenters. The minimum Gasteiger partial charge on any atom is -0.466 e. The SMILES string of the molecule is COC(=O)C1=C(N)N(c2cc(Cl)c(Cl)cc2Cl)C2=C(C(=O)CCC2)C12C(=O)Nc1ccc(Cl)cc12. The van der Waals surface area contributed by atoms with E-state index in [1.165, 1.54) is 24.1 Å². The summed E-state index contributed by atoms with van der Waals surface area (Å²) >= 11 is 25.2. The van der Waals surface area contributed by atoms with Gasteiger partial charge in [-0.3, -0.25) is 14.5 Å². The van der Waals surface area contributed by atoms with E-state index >= 15 is 0 Å². The summed E-state index contributed by atoms with van der Waals surface area (Å²) in [4.78, 5) is 42.2. The number of amides is 1. The summed E-state index contributed by atoms with van der Waals surface area (Å²) in [5.74, 6) is -1.89. The summed E-state index contributed by atoms with van der Waals surface area (Å²) in [6.07, 6.45) is 1.08. The molecule has 5 rings (SSSR count). The van der Waals surface area contributed by atoms with Crippen molar-refractivity contribution in [2.24, 2.45) is 5.73 Å². The molecule has 2 aliphatic heterocycles. The van der Waals surface area contributed by atoms with E-state index in [1.54, 1.807) is 18.2 Å². The highest BCUT2D eigenvalue weighted by atomic mass is 35.5. The molecule has 1 amide bonds. The van der Waals surface area contributed by atoms with E-state index in [1.807, 2.05) is 0 Å². The quantitative estimate of drug-likeness (QED) is 0.384. The number of ketones is 1. The molecule has 0 saturated heterocycles. The Balaban J connectivity index is 1.93. The van der Waals surface area contributed by atoms with Gasteiger partial charge in [-0.25, -0.2) is 4.79 Å². The minimum absolute atomic E-state index is 0.117. The number of ether oxygens (including phenoxy) is 1. The van der Waals surface area contributed by atoms with Gasteiger partial charge in [0.25, 0.3) is 0 Å². The first-order chi connectivity index (χ1) is 16.6. The van der Waals surface area contributed by atoms with Crippen LogP contribution in [0.3, 0.4) is 0 Å². The third-order valence-corrected chi connectivity index (χ3v) is 7.76. The summed E-state index contributed by atoms with van der Waals surface area (Å²) < 4.78 is 5.08. The number of carbonyl (C=O) groups excluding carboxylic acids is 3. The molecule has 3 aliphatic rings. The van der Waals surface area contributed by atoms with Crippen LogP contribution in [0.5, 0.6) is 0 Å². The highest BCUT2D eigenvalue weighted by Crippen LogP contribution is 2.56. The lowest BCUT2D eigenvalue weighted by atomic mass is 9.63. The predicted molar refractivity (Wildman–Crippen MR) is 135 cm³/mol. The van der Waals surface area contributed by atoms with Crippen LogP contribution < -0.4 is 16.0 Å². The number of hydrogen-bond donors (Lipinski definition) is 2. The second kappa shape index (κ2) is 8.45. The number of hydrogen-bond acceptors (Lipinski definition) is 6. The Labute approximate surface area is 220 Å². The fourth-order valence-corrected chi connectivity index (χ4v) is 5.94. The zero-order valence-corrected chi connectivity index (χ0v) is 21.2. The highest BCUT2D eigenvalue weighted by Gasteiger charge is 2.62. The number of esters is 1. The van der Waals surface area contributed by atoms with E-state index in [-0.39, 0.29) is 44.2 Å². The van der Waals surface area contributed by atoms with Gasteiger partial charge >= 0.3 is 5.97 Å². The second-order valence-corrected chi connectivity index (χ2v) is 9.96. The summed E-state index contributed by atoms with van der Waals surface area (Å²) in [7, 11) is 1.17. The van der Waals surface area contributed by atoms with Crippen molar-refractivity contribution in [1.82, 2.24) is 0 Å². The van der Waals surface area contributed by atoms with E-state index in [9.17, 15) is 14.4 Å². The molecule has 1 aliphatic carbocycles. The number of nitrogens with two attached hydrogens (primary N) is 1. The lowest BCUT2D eigenvalue weighted by molar-refractivity contribution is -0.138. The molecule has 0 radical (unpaired) electrons. The number of anilines is 2. The average Bonchev–Trinajstić information content (AvgIpc) is 3.08. The molecular weight excluding hydrogens is 536 g/mol.